The topological polar surface area (TPSA) is 124 Å². The van der Waals surface area contributed by atoms with E-state index in [0.29, 0.717) is 48.6 Å². The SMILES string of the molecule is COc1ccc2cc1OCC(=O)N[C@@H]1CN(C(=O)c3cccc(Cn4nc(C)cc4C)c3)CC[C@H]1Oc1cc(F)cc(c1)CNC(=O)CC2. The molecule has 3 aromatic carbocycles. The second kappa shape index (κ2) is 14.8. The van der Waals surface area contributed by atoms with Crippen molar-refractivity contribution in [2.45, 2.75) is 58.3 Å². The molecule has 2 aliphatic heterocycles. The highest BCUT2D eigenvalue weighted by Crippen LogP contribution is 2.29. The van der Waals surface area contributed by atoms with E-state index in [4.69, 9.17) is 14.2 Å². The zero-order valence-corrected chi connectivity index (χ0v) is 27.8. The van der Waals surface area contributed by atoms with Crippen molar-refractivity contribution >= 4 is 17.7 Å². The maximum Gasteiger partial charge on any atom is 0.258 e. The lowest BCUT2D eigenvalue weighted by atomic mass is 10.00. The molecule has 1 aromatic heterocycles. The van der Waals surface area contributed by atoms with Crippen molar-refractivity contribution in [3.8, 4) is 17.2 Å². The Bertz CT molecular complexity index is 1860. The van der Waals surface area contributed by atoms with Crippen LogP contribution < -0.4 is 24.8 Å². The average Bonchev–Trinajstić information content (AvgIpc) is 3.40. The predicted octanol–water partition coefficient (Wildman–Crippen LogP) is 4.12. The number of hydrogen-bond acceptors (Lipinski definition) is 7. The molecule has 11 nitrogen and oxygen atoms in total. The molecule has 0 radical (unpaired) electrons. The standard InChI is InChI=1S/C37H40FN5O6/c1-23-13-24(2)43(41-23)20-26-5-4-6-28(14-26)37(46)42-12-11-32-31(21-42)40-36(45)22-48-34-17-25(7-9-33(34)47-3)8-10-35(44)39-19-27-15-29(38)18-30(16-27)49-32/h4-7,9,13-18,31-32H,8,10-12,19-22H2,1-3H3,(H,39,44)(H,40,45)/t31-,32-/m1/s1. The Morgan fingerprint density at radius 1 is 1.02 bits per heavy atom. The first-order chi connectivity index (χ1) is 23.6. The molecule has 4 bridgehead atoms. The first-order valence-electron chi connectivity index (χ1n) is 16.3. The number of amides is 3. The molecule has 256 valence electrons. The molecule has 6 rings (SSSR count). The molecule has 0 aliphatic carbocycles. The van der Waals surface area contributed by atoms with Crippen LogP contribution in [0.4, 0.5) is 4.39 Å². The van der Waals surface area contributed by atoms with Gasteiger partial charge in [-0.3, -0.25) is 19.1 Å². The molecular formula is C37H40FN5O6. The lowest BCUT2D eigenvalue weighted by Gasteiger charge is -2.39. The summed E-state index contributed by atoms with van der Waals surface area (Å²) in [5.74, 6) is -0.218. The fraction of sp³-hybridized carbons (Fsp3) is 0.351. The summed E-state index contributed by atoms with van der Waals surface area (Å²) in [6.45, 7) is 4.78. The summed E-state index contributed by atoms with van der Waals surface area (Å²) >= 11 is 0. The molecule has 4 aromatic rings. The fourth-order valence-corrected chi connectivity index (χ4v) is 6.28. The summed E-state index contributed by atoms with van der Waals surface area (Å²) in [6.07, 6.45) is 0.431. The molecule has 3 amide bonds. The highest BCUT2D eigenvalue weighted by Gasteiger charge is 2.35. The molecule has 1 fully saturated rings. The smallest absolute Gasteiger partial charge is 0.258 e. The number of halogens is 1. The van der Waals surface area contributed by atoms with Crippen LogP contribution in [-0.2, 0) is 29.1 Å². The Hall–Kier alpha value is -5.39. The van der Waals surface area contributed by atoms with Crippen molar-refractivity contribution in [1.82, 2.24) is 25.3 Å². The minimum absolute atomic E-state index is 0.121. The molecule has 2 aliphatic rings. The van der Waals surface area contributed by atoms with Crippen LogP contribution in [0.1, 0.15) is 51.3 Å². The number of aryl methyl sites for hydroxylation is 3. The summed E-state index contributed by atoms with van der Waals surface area (Å²) in [5.41, 5.74) is 4.79. The Balaban J connectivity index is 1.24. The minimum Gasteiger partial charge on any atom is -0.493 e. The van der Waals surface area contributed by atoms with Gasteiger partial charge in [0.05, 0.1) is 25.4 Å². The van der Waals surface area contributed by atoms with Gasteiger partial charge in [0, 0.05) is 49.8 Å². The highest BCUT2D eigenvalue weighted by molar-refractivity contribution is 5.94. The molecule has 1 saturated heterocycles. The Labute approximate surface area is 284 Å². The number of benzene rings is 3. The molecular weight excluding hydrogens is 629 g/mol. The number of aromatic nitrogens is 2. The first kappa shape index (κ1) is 33.5. The van der Waals surface area contributed by atoms with E-state index >= 15 is 0 Å². The number of likely N-dealkylation sites (tertiary alicyclic amines) is 1. The zero-order valence-electron chi connectivity index (χ0n) is 27.8. The largest absolute Gasteiger partial charge is 0.493 e. The maximum atomic E-state index is 14.7. The molecule has 0 saturated carbocycles. The minimum atomic E-state index is -0.634. The van der Waals surface area contributed by atoms with E-state index in [-0.39, 0.29) is 43.7 Å². The van der Waals surface area contributed by atoms with Gasteiger partial charge >= 0.3 is 0 Å². The van der Waals surface area contributed by atoms with E-state index in [1.807, 2.05) is 48.9 Å². The van der Waals surface area contributed by atoms with Crippen molar-refractivity contribution in [3.63, 3.8) is 0 Å². The van der Waals surface area contributed by atoms with E-state index in [1.165, 1.54) is 19.2 Å². The van der Waals surface area contributed by atoms with Crippen LogP contribution in [0.2, 0.25) is 0 Å². The van der Waals surface area contributed by atoms with Crippen LogP contribution in [0, 0.1) is 19.7 Å². The van der Waals surface area contributed by atoms with Crippen molar-refractivity contribution in [1.29, 1.82) is 0 Å². The average molecular weight is 670 g/mol. The van der Waals surface area contributed by atoms with E-state index in [1.54, 1.807) is 29.2 Å². The predicted molar refractivity (Wildman–Crippen MR) is 179 cm³/mol. The maximum absolute atomic E-state index is 14.7. The zero-order chi connectivity index (χ0) is 34.5. The van der Waals surface area contributed by atoms with E-state index in [9.17, 15) is 18.8 Å². The number of methoxy groups -OCH3 is 1. The van der Waals surface area contributed by atoms with Gasteiger partial charge in [-0.25, -0.2) is 4.39 Å². The third kappa shape index (κ3) is 8.37. The van der Waals surface area contributed by atoms with Crippen LogP contribution in [0.3, 0.4) is 0 Å². The summed E-state index contributed by atoms with van der Waals surface area (Å²) in [7, 11) is 1.51. The fourth-order valence-electron chi connectivity index (χ4n) is 6.28. The van der Waals surface area contributed by atoms with Gasteiger partial charge in [0.1, 0.15) is 17.7 Å². The molecule has 3 heterocycles. The van der Waals surface area contributed by atoms with Crippen molar-refractivity contribution in [2.75, 3.05) is 26.8 Å². The lowest BCUT2D eigenvalue weighted by Crippen LogP contribution is -2.58. The van der Waals surface area contributed by atoms with Gasteiger partial charge in [-0.2, -0.15) is 5.10 Å². The Morgan fingerprint density at radius 3 is 2.67 bits per heavy atom. The number of hydrogen-bond donors (Lipinski definition) is 2. The molecule has 49 heavy (non-hydrogen) atoms. The number of carbonyl (C=O) groups is 3. The van der Waals surface area contributed by atoms with Crippen molar-refractivity contribution < 1.29 is 33.0 Å². The number of piperidine rings is 1. The molecule has 12 heteroatoms. The van der Waals surface area contributed by atoms with Gasteiger partial charge in [0.2, 0.25) is 5.91 Å². The van der Waals surface area contributed by atoms with Crippen LogP contribution in [0.5, 0.6) is 17.2 Å². The van der Waals surface area contributed by atoms with E-state index in [2.05, 4.69) is 15.7 Å². The second-order valence-corrected chi connectivity index (χ2v) is 12.5. The van der Waals surface area contributed by atoms with Gasteiger partial charge in [0.15, 0.2) is 18.1 Å². The molecule has 0 spiro atoms. The summed E-state index contributed by atoms with van der Waals surface area (Å²) in [4.78, 5) is 41.5. The number of rotatable bonds is 4. The normalized spacial score (nSPS) is 18.5. The Kier molecular flexibility index (Phi) is 10.1. The van der Waals surface area contributed by atoms with Gasteiger partial charge in [-0.05, 0) is 79.4 Å². The van der Waals surface area contributed by atoms with Crippen LogP contribution in [-0.4, -0.2) is 71.4 Å². The first-order valence-corrected chi connectivity index (χ1v) is 16.3. The van der Waals surface area contributed by atoms with Gasteiger partial charge in [0.25, 0.3) is 11.8 Å². The molecule has 2 N–H and O–H groups in total. The molecule has 0 unspecified atom stereocenters. The number of carbonyl (C=O) groups excluding carboxylic acids is 3. The number of nitrogens with one attached hydrogen (secondary N) is 2. The third-order valence-corrected chi connectivity index (χ3v) is 8.73. The third-order valence-electron chi connectivity index (χ3n) is 8.73. The molecule has 2 atom stereocenters. The van der Waals surface area contributed by atoms with Crippen LogP contribution in [0.15, 0.2) is 66.7 Å². The van der Waals surface area contributed by atoms with Gasteiger partial charge < -0.3 is 29.7 Å². The summed E-state index contributed by atoms with van der Waals surface area (Å²) < 4.78 is 34.2. The Morgan fingerprint density at radius 2 is 1.88 bits per heavy atom. The number of ether oxygens (including phenoxy) is 3. The number of fused-ring (bicyclic) bond motifs is 5. The van der Waals surface area contributed by atoms with Gasteiger partial charge in [-0.1, -0.05) is 18.2 Å². The quantitative estimate of drug-likeness (QED) is 0.335. The monoisotopic (exact) mass is 669 g/mol. The lowest BCUT2D eigenvalue weighted by molar-refractivity contribution is -0.125. The number of nitrogens with zero attached hydrogens (tertiary/aromatic N) is 3. The van der Waals surface area contributed by atoms with E-state index in [0.717, 1.165) is 22.5 Å². The van der Waals surface area contributed by atoms with Crippen molar-refractivity contribution in [3.05, 3.63) is 106 Å². The van der Waals surface area contributed by atoms with Crippen LogP contribution in [0.25, 0.3) is 0 Å². The highest BCUT2D eigenvalue weighted by atomic mass is 19.1. The van der Waals surface area contributed by atoms with E-state index < -0.39 is 23.9 Å². The second-order valence-electron chi connectivity index (χ2n) is 12.5. The summed E-state index contributed by atoms with van der Waals surface area (Å²) in [6, 6.07) is 18.4. The van der Waals surface area contributed by atoms with Crippen LogP contribution >= 0.6 is 0 Å². The van der Waals surface area contributed by atoms with Crippen molar-refractivity contribution in [2.24, 2.45) is 0 Å². The summed E-state index contributed by atoms with van der Waals surface area (Å²) in [5, 5.41) is 10.4. The van der Waals surface area contributed by atoms with Gasteiger partial charge in [-0.15, -0.1) is 0 Å².